The van der Waals surface area contributed by atoms with E-state index in [1.54, 1.807) is 7.05 Å². The maximum absolute atomic E-state index is 5.13. The molecule has 0 bridgehead atoms. The lowest BCUT2D eigenvalue weighted by Gasteiger charge is -2.13. The van der Waals surface area contributed by atoms with Gasteiger partial charge in [-0.2, -0.15) is 0 Å². The van der Waals surface area contributed by atoms with E-state index >= 15 is 0 Å². The van der Waals surface area contributed by atoms with Crippen LogP contribution in [0.1, 0.15) is 0 Å². The molecule has 0 aromatic heterocycles. The zero-order valence-electron chi connectivity index (χ0n) is 6.60. The van der Waals surface area contributed by atoms with Crippen LogP contribution in [0.15, 0.2) is 27.2 Å². The summed E-state index contributed by atoms with van der Waals surface area (Å²) in [6, 6.07) is 0. The van der Waals surface area contributed by atoms with Crippen molar-refractivity contribution in [3.8, 4) is 0 Å². The number of hydrogen-bond acceptors (Lipinski definition) is 5. The first-order valence-corrected chi connectivity index (χ1v) is 4.28. The van der Waals surface area contributed by atoms with Gasteiger partial charge >= 0.3 is 0 Å². The van der Waals surface area contributed by atoms with Gasteiger partial charge in [-0.05, 0) is 0 Å². The van der Waals surface area contributed by atoms with Crippen LogP contribution >= 0.6 is 38.1 Å². The molecule has 0 atom stereocenters. The minimum atomic E-state index is 0.504. The van der Waals surface area contributed by atoms with Crippen molar-refractivity contribution in [2.45, 2.75) is 0 Å². The monoisotopic (exact) mass is 221 g/mol. The topological polar surface area (TPSA) is 41.6 Å². The lowest BCUT2D eigenvalue weighted by Crippen LogP contribution is -2.06. The third-order valence-corrected chi connectivity index (χ3v) is 2.05. The smallest absolute Gasteiger partial charge is 0.154 e. The molecule has 0 saturated heterocycles. The first-order valence-electron chi connectivity index (χ1n) is 2.99. The Balaban J connectivity index is 4.93. The van der Waals surface area contributed by atoms with Gasteiger partial charge in [-0.1, -0.05) is 19.4 Å². The summed E-state index contributed by atoms with van der Waals surface area (Å²) >= 11 is 12.2. The Kier molecular flexibility index (Phi) is 5.36. The van der Waals surface area contributed by atoms with Gasteiger partial charge in [-0.15, -0.1) is 25.3 Å². The second-order valence-electron chi connectivity index (χ2n) is 1.92. The van der Waals surface area contributed by atoms with Crippen molar-refractivity contribution in [1.82, 2.24) is 4.31 Å². The summed E-state index contributed by atoms with van der Waals surface area (Å²) in [6.45, 7) is 3.60. The highest BCUT2D eigenvalue weighted by atomic mass is 32.1. The third kappa shape index (κ3) is 3.46. The molecule has 0 aliphatic carbocycles. The third-order valence-electron chi connectivity index (χ3n) is 0.988. The molecular weight excluding hydrogens is 210 g/mol. The van der Waals surface area contributed by atoms with E-state index in [9.17, 15) is 0 Å². The second-order valence-corrected chi connectivity index (χ2v) is 3.51. The molecule has 68 valence electrons. The predicted octanol–water partition coefficient (Wildman–Crippen LogP) is 1.29. The Morgan fingerprint density at radius 3 is 2.33 bits per heavy atom. The van der Waals surface area contributed by atoms with E-state index in [0.29, 0.717) is 15.6 Å². The summed E-state index contributed by atoms with van der Waals surface area (Å²) in [7, 11) is 1.71. The normalized spacial score (nSPS) is 13.0. The minimum Gasteiger partial charge on any atom is -0.390 e. The van der Waals surface area contributed by atoms with Crippen LogP contribution in [0.2, 0.25) is 0 Å². The molecule has 0 heterocycles. The summed E-state index contributed by atoms with van der Waals surface area (Å²) in [6.07, 6.45) is 1.16. The summed E-state index contributed by atoms with van der Waals surface area (Å²) in [5.41, 5.74) is 5.13. The number of nitrogens with zero attached hydrogens (tertiary/aromatic N) is 2. The molecule has 0 saturated carbocycles. The molecule has 0 amide bonds. The highest BCUT2D eigenvalue weighted by molar-refractivity contribution is 7.90. The average molecular weight is 221 g/mol. The number of thiol groups is 3. The van der Waals surface area contributed by atoms with Crippen LogP contribution in [-0.4, -0.2) is 17.7 Å². The van der Waals surface area contributed by atoms with Crippen molar-refractivity contribution in [1.29, 1.82) is 0 Å². The molecule has 2 N–H and O–H groups in total. The van der Waals surface area contributed by atoms with E-state index < -0.39 is 0 Å². The Labute approximate surface area is 88.8 Å². The van der Waals surface area contributed by atoms with E-state index in [0.717, 1.165) is 6.34 Å². The first-order chi connectivity index (χ1) is 5.50. The van der Waals surface area contributed by atoms with Gasteiger partial charge in [0.25, 0.3) is 0 Å². The number of rotatable bonds is 3. The van der Waals surface area contributed by atoms with Gasteiger partial charge in [0.2, 0.25) is 0 Å². The average Bonchev–Trinajstić information content (AvgIpc) is 1.98. The van der Waals surface area contributed by atoms with Crippen molar-refractivity contribution in [2.24, 2.45) is 10.7 Å². The van der Waals surface area contributed by atoms with Crippen LogP contribution in [0.5, 0.6) is 0 Å². The van der Waals surface area contributed by atoms with E-state index in [2.05, 4.69) is 49.6 Å². The van der Waals surface area contributed by atoms with Gasteiger partial charge in [0.1, 0.15) is 0 Å². The van der Waals surface area contributed by atoms with Crippen molar-refractivity contribution >= 4 is 44.4 Å². The van der Waals surface area contributed by atoms with Crippen molar-refractivity contribution in [3.05, 3.63) is 22.2 Å². The molecule has 6 heteroatoms. The van der Waals surface area contributed by atoms with E-state index in [4.69, 9.17) is 5.73 Å². The Bertz CT molecular complexity index is 232. The van der Waals surface area contributed by atoms with Gasteiger partial charge in [0.05, 0.1) is 11.2 Å². The first kappa shape index (κ1) is 11.8. The Morgan fingerprint density at radius 2 is 2.08 bits per heavy atom. The molecule has 0 rings (SSSR count). The molecule has 0 spiro atoms. The van der Waals surface area contributed by atoms with Crippen LogP contribution in [0.3, 0.4) is 0 Å². The quantitative estimate of drug-likeness (QED) is 0.251. The minimum absolute atomic E-state index is 0.504. The van der Waals surface area contributed by atoms with E-state index in [1.165, 1.54) is 4.31 Å². The van der Waals surface area contributed by atoms with E-state index in [1.807, 2.05) is 0 Å². The molecular formula is C6H11N3S3. The van der Waals surface area contributed by atoms with Gasteiger partial charge in [-0.25, -0.2) is 4.99 Å². The van der Waals surface area contributed by atoms with Gasteiger partial charge in [0, 0.05) is 12.0 Å². The maximum atomic E-state index is 5.13. The predicted molar refractivity (Wildman–Crippen MR) is 63.6 cm³/mol. The largest absolute Gasteiger partial charge is 0.390 e. The molecule has 3 nitrogen and oxygen atoms in total. The maximum Gasteiger partial charge on any atom is 0.154 e. The van der Waals surface area contributed by atoms with Crippen LogP contribution in [0.25, 0.3) is 0 Å². The molecule has 12 heavy (non-hydrogen) atoms. The summed E-state index contributed by atoms with van der Waals surface area (Å²) in [4.78, 5) is 4.89. The zero-order chi connectivity index (χ0) is 9.72. The zero-order valence-corrected chi connectivity index (χ0v) is 9.28. The molecule has 0 radical (unpaired) electrons. The van der Waals surface area contributed by atoms with Crippen LogP contribution in [0, 0.1) is 0 Å². The lowest BCUT2D eigenvalue weighted by molar-refractivity contribution is 0.699. The van der Waals surface area contributed by atoms with Crippen LogP contribution in [-0.2, 0) is 0 Å². The molecule has 0 fully saturated rings. The van der Waals surface area contributed by atoms with Gasteiger partial charge < -0.3 is 10.0 Å². The van der Waals surface area contributed by atoms with Gasteiger partial charge in [-0.3, -0.25) is 0 Å². The second kappa shape index (κ2) is 5.45. The van der Waals surface area contributed by atoms with Gasteiger partial charge in [0.15, 0.2) is 5.82 Å². The highest BCUT2D eigenvalue weighted by Crippen LogP contribution is 2.23. The fourth-order valence-corrected chi connectivity index (χ4v) is 1.04. The molecule has 0 aliphatic rings. The molecule has 0 aliphatic heterocycles. The molecule has 0 aromatic rings. The van der Waals surface area contributed by atoms with Crippen molar-refractivity contribution < 1.29 is 0 Å². The lowest BCUT2D eigenvalue weighted by atomic mass is 10.5. The number of aliphatic imine (C=N–C) groups is 1. The van der Waals surface area contributed by atoms with Crippen LogP contribution < -0.4 is 5.73 Å². The Morgan fingerprint density at radius 1 is 1.58 bits per heavy atom. The number of hydrogen-bond donors (Lipinski definition) is 4. The molecule has 0 unspecified atom stereocenters. The van der Waals surface area contributed by atoms with E-state index in [-0.39, 0.29) is 0 Å². The van der Waals surface area contributed by atoms with Crippen molar-refractivity contribution in [2.75, 3.05) is 7.05 Å². The fourth-order valence-electron chi connectivity index (χ4n) is 0.498. The molecule has 0 aromatic carbocycles. The summed E-state index contributed by atoms with van der Waals surface area (Å²) in [5, 5.41) is 0. The summed E-state index contributed by atoms with van der Waals surface area (Å²) < 4.78 is 1.48. The standard InChI is InChI=1S/C6H11N3S3/c1-4(10)5(11)6(8-3-7)9(2)12/h3,10-12H,1H2,2H3,(H2,7,8)/b6-5-. The Hall–Kier alpha value is -0.200. The SMILES string of the molecule is C=C(S)/C(S)=C(\N=C/N)N(C)S. The highest BCUT2D eigenvalue weighted by Gasteiger charge is 2.05. The van der Waals surface area contributed by atoms with Crippen LogP contribution in [0.4, 0.5) is 0 Å². The van der Waals surface area contributed by atoms with Crippen molar-refractivity contribution in [3.63, 3.8) is 0 Å². The summed E-state index contributed by atoms with van der Waals surface area (Å²) in [5.74, 6) is 0.504. The number of nitrogens with two attached hydrogens (primary N) is 1. The fraction of sp³-hybridized carbons (Fsp3) is 0.167.